The lowest BCUT2D eigenvalue weighted by molar-refractivity contribution is 0.562. The van der Waals surface area contributed by atoms with Gasteiger partial charge in [-0.25, -0.2) is 0 Å². The Bertz CT molecular complexity index is 206. The first-order valence-corrected chi connectivity index (χ1v) is 12.0. The molecule has 0 aromatic heterocycles. The lowest BCUT2D eigenvalue weighted by Crippen LogP contribution is -1.80. The first kappa shape index (κ1) is 27.0. The number of hydrogen-bond acceptors (Lipinski definition) is 0. The summed E-state index contributed by atoms with van der Waals surface area (Å²) in [7, 11) is 0. The zero-order valence-electron chi connectivity index (χ0n) is 18.6. The van der Waals surface area contributed by atoms with Crippen LogP contribution in [-0.2, 0) is 0 Å². The number of rotatable bonds is 18. The number of hydrogen-bond donors (Lipinski definition) is 0. The minimum atomic E-state index is 1.26. The van der Waals surface area contributed by atoms with E-state index in [0.717, 1.165) is 0 Å². The predicted octanol–water partition coefficient (Wildman–Crippen LogP) is 10.0. The van der Waals surface area contributed by atoms with Crippen LogP contribution in [0.2, 0.25) is 0 Å². The molecule has 0 aromatic carbocycles. The summed E-state index contributed by atoms with van der Waals surface area (Å²) in [6, 6.07) is 0. The maximum atomic E-state index is 2.35. The molecule has 0 radical (unpaired) electrons. The van der Waals surface area contributed by atoms with Gasteiger partial charge < -0.3 is 0 Å². The van der Waals surface area contributed by atoms with Crippen molar-refractivity contribution in [2.24, 2.45) is 0 Å². The average molecular weight is 353 g/mol. The van der Waals surface area contributed by atoms with Gasteiger partial charge in [0.05, 0.1) is 0 Å². The van der Waals surface area contributed by atoms with Gasteiger partial charge in [0, 0.05) is 0 Å². The van der Waals surface area contributed by atoms with Gasteiger partial charge in [0.2, 0.25) is 0 Å². The zero-order valence-corrected chi connectivity index (χ0v) is 18.6. The minimum Gasteiger partial charge on any atom is -0.0885 e. The Balaban J connectivity index is 0. The van der Waals surface area contributed by atoms with Gasteiger partial charge in [0.1, 0.15) is 0 Å². The van der Waals surface area contributed by atoms with E-state index >= 15 is 0 Å². The highest BCUT2D eigenvalue weighted by Gasteiger charge is 1.90. The van der Waals surface area contributed by atoms with Crippen molar-refractivity contribution in [3.8, 4) is 0 Å². The summed E-state index contributed by atoms with van der Waals surface area (Å²) < 4.78 is 0. The Labute approximate surface area is 162 Å². The summed E-state index contributed by atoms with van der Waals surface area (Å²) in [5, 5.41) is 0. The molecule has 152 valence electrons. The summed E-state index contributed by atoms with van der Waals surface area (Å²) in [4.78, 5) is 0. The van der Waals surface area contributed by atoms with Crippen LogP contribution in [0, 0.1) is 0 Å². The minimum absolute atomic E-state index is 1.26. The smallest absolute Gasteiger partial charge is 0.0351 e. The molecule has 0 N–H and O–H groups in total. The third-order valence-electron chi connectivity index (χ3n) is 4.80. The molecular weight excluding hydrogens is 300 g/mol. The fraction of sp³-hybridized carbons (Fsp3) is 0.920. The molecule has 0 atom stereocenters. The summed E-state index contributed by atoms with van der Waals surface area (Å²) in [6.07, 6.45) is 31.4. The quantitative estimate of drug-likeness (QED) is 0.170. The van der Waals surface area contributed by atoms with Crippen LogP contribution in [0.15, 0.2) is 12.2 Å². The molecule has 25 heavy (non-hydrogen) atoms. The van der Waals surface area contributed by atoms with Crippen LogP contribution >= 0.6 is 0 Å². The van der Waals surface area contributed by atoms with Crippen molar-refractivity contribution in [1.82, 2.24) is 0 Å². The van der Waals surface area contributed by atoms with Gasteiger partial charge in [-0.15, -0.1) is 0 Å². The van der Waals surface area contributed by atoms with Crippen molar-refractivity contribution in [3.05, 3.63) is 12.2 Å². The zero-order chi connectivity index (χ0) is 18.8. The Kier molecular flexibility index (Phi) is 30.8. The van der Waals surface area contributed by atoms with E-state index in [4.69, 9.17) is 0 Å². The van der Waals surface area contributed by atoms with Gasteiger partial charge in [-0.1, -0.05) is 143 Å². The van der Waals surface area contributed by atoms with E-state index in [9.17, 15) is 0 Å². The van der Waals surface area contributed by atoms with Gasteiger partial charge in [0.15, 0.2) is 0 Å². The van der Waals surface area contributed by atoms with Crippen molar-refractivity contribution in [2.75, 3.05) is 0 Å². The van der Waals surface area contributed by atoms with Crippen LogP contribution in [0.1, 0.15) is 150 Å². The first-order chi connectivity index (χ1) is 12.3. The molecule has 0 aliphatic carbocycles. The molecule has 0 spiro atoms. The van der Waals surface area contributed by atoms with Gasteiger partial charge in [0.25, 0.3) is 0 Å². The molecule has 0 rings (SSSR count). The van der Waals surface area contributed by atoms with Crippen molar-refractivity contribution < 1.29 is 0 Å². The third-order valence-corrected chi connectivity index (χ3v) is 4.80. The maximum Gasteiger partial charge on any atom is -0.0351 e. The average Bonchev–Trinajstić information content (AvgIpc) is 2.63. The van der Waals surface area contributed by atoms with E-state index in [-0.39, 0.29) is 0 Å². The maximum absolute atomic E-state index is 2.35. The highest BCUT2D eigenvalue weighted by Crippen LogP contribution is 2.10. The normalized spacial score (nSPS) is 10.9. The summed E-state index contributed by atoms with van der Waals surface area (Å²) in [5.41, 5.74) is 0. The van der Waals surface area contributed by atoms with Crippen molar-refractivity contribution in [2.45, 2.75) is 150 Å². The van der Waals surface area contributed by atoms with Crippen LogP contribution < -0.4 is 0 Å². The molecule has 0 fully saturated rings. The van der Waals surface area contributed by atoms with Gasteiger partial charge in [-0.05, 0) is 19.3 Å². The molecule has 0 aliphatic rings. The van der Waals surface area contributed by atoms with E-state index in [2.05, 4.69) is 39.8 Å². The monoisotopic (exact) mass is 352 g/mol. The highest BCUT2D eigenvalue weighted by molar-refractivity contribution is 4.80. The molecule has 0 aromatic rings. The second kappa shape index (κ2) is 28.5. The van der Waals surface area contributed by atoms with Gasteiger partial charge in [-0.2, -0.15) is 0 Å². The topological polar surface area (TPSA) is 0 Å². The van der Waals surface area contributed by atoms with Crippen LogP contribution in [0.25, 0.3) is 0 Å². The standard InChI is InChI=1S/C13H26.C12H26/c1-3-5-7-9-11-13-12-10-8-6-4-2;1-3-5-7-9-11-12-10-8-6-4-2/h7,9H,3-6,8,10-13H2,1-2H3;3-12H2,1-2H3/b9-7-;. The molecule has 0 unspecified atom stereocenters. The summed E-state index contributed by atoms with van der Waals surface area (Å²) in [6.45, 7) is 9.06. The van der Waals surface area contributed by atoms with E-state index in [1.165, 1.54) is 122 Å². The SMILES string of the molecule is CCC/C=C\CCCCCCCC.CCCCCCCCCCCC. The van der Waals surface area contributed by atoms with Crippen molar-refractivity contribution in [1.29, 1.82) is 0 Å². The van der Waals surface area contributed by atoms with Crippen LogP contribution in [0.3, 0.4) is 0 Å². The Morgan fingerprint density at radius 1 is 0.320 bits per heavy atom. The van der Waals surface area contributed by atoms with Gasteiger partial charge >= 0.3 is 0 Å². The molecule has 0 heterocycles. The van der Waals surface area contributed by atoms with Crippen LogP contribution in [-0.4, -0.2) is 0 Å². The largest absolute Gasteiger partial charge is 0.0885 e. The summed E-state index contributed by atoms with van der Waals surface area (Å²) >= 11 is 0. The lowest BCUT2D eigenvalue weighted by Gasteiger charge is -1.99. The second-order valence-electron chi connectivity index (χ2n) is 7.64. The molecule has 0 amide bonds. The molecule has 0 saturated heterocycles. The Hall–Kier alpha value is -0.260. The molecule has 0 saturated carbocycles. The third kappa shape index (κ3) is 31.9. The molecule has 0 aliphatic heterocycles. The molecule has 0 bridgehead atoms. The Morgan fingerprint density at radius 2 is 0.640 bits per heavy atom. The highest BCUT2D eigenvalue weighted by atomic mass is 14.0. The number of unbranched alkanes of at least 4 members (excludes halogenated alkanes) is 16. The van der Waals surface area contributed by atoms with Crippen molar-refractivity contribution >= 4 is 0 Å². The van der Waals surface area contributed by atoms with E-state index in [0.29, 0.717) is 0 Å². The van der Waals surface area contributed by atoms with Crippen molar-refractivity contribution in [3.63, 3.8) is 0 Å². The number of allylic oxidation sites excluding steroid dienone is 2. The first-order valence-electron chi connectivity index (χ1n) is 12.0. The van der Waals surface area contributed by atoms with Crippen LogP contribution in [0.4, 0.5) is 0 Å². The summed E-state index contributed by atoms with van der Waals surface area (Å²) in [5.74, 6) is 0. The fourth-order valence-electron chi connectivity index (χ4n) is 3.01. The fourth-order valence-corrected chi connectivity index (χ4v) is 3.01. The lowest BCUT2D eigenvalue weighted by atomic mass is 10.1. The molecular formula is C25H52. The molecule has 0 heteroatoms. The predicted molar refractivity (Wildman–Crippen MR) is 120 cm³/mol. The van der Waals surface area contributed by atoms with Gasteiger partial charge in [-0.3, -0.25) is 0 Å². The van der Waals surface area contributed by atoms with E-state index < -0.39 is 0 Å². The Morgan fingerprint density at radius 3 is 1.00 bits per heavy atom. The van der Waals surface area contributed by atoms with E-state index in [1.54, 1.807) is 0 Å². The van der Waals surface area contributed by atoms with E-state index in [1.807, 2.05) is 0 Å². The van der Waals surface area contributed by atoms with Crippen LogP contribution in [0.5, 0.6) is 0 Å². The second-order valence-corrected chi connectivity index (χ2v) is 7.64. The molecule has 0 nitrogen and oxygen atoms in total.